The third kappa shape index (κ3) is 11.1. The Balaban J connectivity index is 3.26. The summed E-state index contributed by atoms with van der Waals surface area (Å²) in [5, 5.41) is 3.97. The highest BCUT2D eigenvalue weighted by Crippen LogP contribution is 2.02. The molecule has 0 radical (unpaired) electrons. The van der Waals surface area contributed by atoms with Crippen molar-refractivity contribution in [2.45, 2.75) is 39.0 Å². The Bertz CT molecular complexity index is 200. The normalized spacial score (nSPS) is 11.2. The standard InChI is InChI=1S/C10H19N3S/c1-2-3-4-5-6-7-8-9-12-13-10(11)14/h7-9H,2-6H2,1H3,(H3,11,13,14)/b8-7+,12-9+. The Morgan fingerprint density at radius 2 is 2.21 bits per heavy atom. The molecule has 0 amide bonds. The van der Waals surface area contributed by atoms with Crippen LogP contribution in [0.4, 0.5) is 0 Å². The number of unbranched alkanes of at least 4 members (excludes halogenated alkanes) is 4. The molecule has 0 aromatic rings. The number of nitrogens with zero attached hydrogens (tertiary/aromatic N) is 1. The Hall–Kier alpha value is -0.900. The van der Waals surface area contributed by atoms with Crippen LogP contribution in [0.2, 0.25) is 0 Å². The SMILES string of the molecule is CCCCCC/C=C/C=N/NC(N)=S. The van der Waals surface area contributed by atoms with Gasteiger partial charge in [-0.05, 0) is 31.1 Å². The first-order valence-corrected chi connectivity index (χ1v) is 5.41. The van der Waals surface area contributed by atoms with E-state index >= 15 is 0 Å². The highest BCUT2D eigenvalue weighted by molar-refractivity contribution is 7.80. The van der Waals surface area contributed by atoms with E-state index in [1.807, 2.05) is 6.08 Å². The minimum absolute atomic E-state index is 0.192. The molecule has 0 aromatic carbocycles. The fourth-order valence-electron chi connectivity index (χ4n) is 0.990. The first-order valence-electron chi connectivity index (χ1n) is 5.01. The Morgan fingerprint density at radius 3 is 2.86 bits per heavy atom. The largest absolute Gasteiger partial charge is 0.375 e. The lowest BCUT2D eigenvalue weighted by molar-refractivity contribution is 0.674. The summed E-state index contributed by atoms with van der Waals surface area (Å²) in [4.78, 5) is 0. The number of nitrogens with two attached hydrogens (primary N) is 1. The van der Waals surface area contributed by atoms with E-state index in [4.69, 9.17) is 5.73 Å². The van der Waals surface area contributed by atoms with Crippen molar-refractivity contribution in [2.75, 3.05) is 0 Å². The van der Waals surface area contributed by atoms with E-state index in [2.05, 4.69) is 35.7 Å². The van der Waals surface area contributed by atoms with Gasteiger partial charge in [0.25, 0.3) is 0 Å². The summed E-state index contributed by atoms with van der Waals surface area (Å²) in [7, 11) is 0. The second-order valence-electron chi connectivity index (χ2n) is 3.03. The van der Waals surface area contributed by atoms with Crippen LogP contribution in [-0.4, -0.2) is 11.3 Å². The van der Waals surface area contributed by atoms with Gasteiger partial charge in [0.2, 0.25) is 0 Å². The summed E-state index contributed by atoms with van der Waals surface area (Å²) in [6.45, 7) is 2.21. The van der Waals surface area contributed by atoms with E-state index in [-0.39, 0.29) is 5.11 Å². The molecule has 3 N–H and O–H groups in total. The molecule has 0 saturated carbocycles. The quantitative estimate of drug-likeness (QED) is 0.295. The van der Waals surface area contributed by atoms with Gasteiger partial charge < -0.3 is 5.73 Å². The summed E-state index contributed by atoms with van der Waals surface area (Å²) in [5.74, 6) is 0. The van der Waals surface area contributed by atoms with Gasteiger partial charge in [0.1, 0.15) is 0 Å². The predicted molar refractivity (Wildman–Crippen MR) is 66.3 cm³/mol. The smallest absolute Gasteiger partial charge is 0.184 e. The van der Waals surface area contributed by atoms with Crippen LogP contribution in [0.5, 0.6) is 0 Å². The second-order valence-corrected chi connectivity index (χ2v) is 3.47. The number of hydrogen-bond acceptors (Lipinski definition) is 2. The molecule has 0 aliphatic heterocycles. The molecule has 0 aliphatic carbocycles. The first-order chi connectivity index (χ1) is 6.77. The third-order valence-corrected chi connectivity index (χ3v) is 1.79. The second kappa shape index (κ2) is 10.2. The topological polar surface area (TPSA) is 50.4 Å². The molecule has 0 aromatic heterocycles. The van der Waals surface area contributed by atoms with Crippen molar-refractivity contribution in [3.05, 3.63) is 12.2 Å². The van der Waals surface area contributed by atoms with Gasteiger partial charge >= 0.3 is 0 Å². The Labute approximate surface area is 91.4 Å². The van der Waals surface area contributed by atoms with Crippen molar-refractivity contribution < 1.29 is 0 Å². The van der Waals surface area contributed by atoms with Gasteiger partial charge in [0.15, 0.2) is 5.11 Å². The lowest BCUT2D eigenvalue weighted by Crippen LogP contribution is -2.23. The van der Waals surface area contributed by atoms with E-state index in [9.17, 15) is 0 Å². The summed E-state index contributed by atoms with van der Waals surface area (Å²) >= 11 is 4.57. The number of rotatable bonds is 7. The van der Waals surface area contributed by atoms with Gasteiger partial charge in [-0.3, -0.25) is 5.43 Å². The van der Waals surface area contributed by atoms with Crippen LogP contribution in [0.3, 0.4) is 0 Å². The molecule has 80 valence electrons. The molecule has 0 atom stereocenters. The molecule has 0 bridgehead atoms. The van der Waals surface area contributed by atoms with Gasteiger partial charge in [-0.15, -0.1) is 0 Å². The summed E-state index contributed by atoms with van der Waals surface area (Å²) in [6.07, 6.45) is 11.9. The molecule has 14 heavy (non-hydrogen) atoms. The number of hydrogen-bond donors (Lipinski definition) is 2. The van der Waals surface area contributed by atoms with Crippen LogP contribution >= 0.6 is 12.2 Å². The lowest BCUT2D eigenvalue weighted by Gasteiger charge is -1.93. The number of hydrazone groups is 1. The maximum atomic E-state index is 5.17. The van der Waals surface area contributed by atoms with E-state index in [1.54, 1.807) is 6.21 Å². The van der Waals surface area contributed by atoms with Crippen LogP contribution in [0.1, 0.15) is 39.0 Å². The summed E-state index contributed by atoms with van der Waals surface area (Å²) < 4.78 is 0. The molecular formula is C10H19N3S. The van der Waals surface area contributed by atoms with Crippen molar-refractivity contribution in [2.24, 2.45) is 10.8 Å². The van der Waals surface area contributed by atoms with E-state index in [0.717, 1.165) is 6.42 Å². The molecule has 4 heteroatoms. The Kier molecular flexibility index (Phi) is 9.53. The van der Waals surface area contributed by atoms with Gasteiger partial charge in [-0.1, -0.05) is 32.3 Å². The van der Waals surface area contributed by atoms with Crippen LogP contribution < -0.4 is 11.2 Å². The highest BCUT2D eigenvalue weighted by Gasteiger charge is 1.83. The average Bonchev–Trinajstić information content (AvgIpc) is 2.15. The zero-order valence-electron chi connectivity index (χ0n) is 8.70. The number of thiocarbonyl (C=S) groups is 1. The van der Waals surface area contributed by atoms with Gasteiger partial charge in [0, 0.05) is 6.21 Å². The van der Waals surface area contributed by atoms with Crippen molar-refractivity contribution >= 4 is 23.5 Å². The third-order valence-electron chi connectivity index (χ3n) is 1.70. The zero-order chi connectivity index (χ0) is 10.6. The molecule has 0 rings (SSSR count). The van der Waals surface area contributed by atoms with Crippen LogP contribution in [0.15, 0.2) is 17.3 Å². The van der Waals surface area contributed by atoms with Gasteiger partial charge in [-0.25, -0.2) is 0 Å². The lowest BCUT2D eigenvalue weighted by atomic mass is 10.1. The predicted octanol–water partition coefficient (Wildman–Crippen LogP) is 2.33. The van der Waals surface area contributed by atoms with Crippen LogP contribution in [-0.2, 0) is 0 Å². The summed E-state index contributed by atoms with van der Waals surface area (Å²) in [6, 6.07) is 0. The van der Waals surface area contributed by atoms with E-state index in [1.165, 1.54) is 25.7 Å². The monoisotopic (exact) mass is 213 g/mol. The van der Waals surface area contributed by atoms with Crippen molar-refractivity contribution in [1.29, 1.82) is 0 Å². The van der Waals surface area contributed by atoms with Crippen LogP contribution in [0, 0.1) is 0 Å². The molecule has 0 heterocycles. The molecule has 0 unspecified atom stereocenters. The minimum Gasteiger partial charge on any atom is -0.375 e. The molecule has 0 aliphatic rings. The minimum atomic E-state index is 0.192. The average molecular weight is 213 g/mol. The molecule has 0 saturated heterocycles. The van der Waals surface area contributed by atoms with Crippen molar-refractivity contribution in [3.63, 3.8) is 0 Å². The van der Waals surface area contributed by atoms with Crippen LogP contribution in [0.25, 0.3) is 0 Å². The maximum absolute atomic E-state index is 5.17. The Morgan fingerprint density at radius 1 is 1.43 bits per heavy atom. The van der Waals surface area contributed by atoms with Gasteiger partial charge in [0.05, 0.1) is 0 Å². The fourth-order valence-corrected chi connectivity index (χ4v) is 1.04. The zero-order valence-corrected chi connectivity index (χ0v) is 9.52. The van der Waals surface area contributed by atoms with Gasteiger partial charge in [-0.2, -0.15) is 5.10 Å². The summed E-state index contributed by atoms with van der Waals surface area (Å²) in [5.41, 5.74) is 7.65. The van der Waals surface area contributed by atoms with E-state index in [0.29, 0.717) is 0 Å². The molecule has 3 nitrogen and oxygen atoms in total. The first kappa shape index (κ1) is 13.1. The number of nitrogens with one attached hydrogen (secondary N) is 1. The maximum Gasteiger partial charge on any atom is 0.184 e. The molecular weight excluding hydrogens is 194 g/mol. The van der Waals surface area contributed by atoms with Crippen molar-refractivity contribution in [1.82, 2.24) is 5.43 Å². The molecule has 0 spiro atoms. The molecule has 0 fully saturated rings. The highest BCUT2D eigenvalue weighted by atomic mass is 32.1. The van der Waals surface area contributed by atoms with Crippen molar-refractivity contribution in [3.8, 4) is 0 Å². The number of allylic oxidation sites excluding steroid dienone is 2. The van der Waals surface area contributed by atoms with E-state index < -0.39 is 0 Å². The fraction of sp³-hybridized carbons (Fsp3) is 0.600.